The molecule has 0 radical (unpaired) electrons. The fraction of sp³-hybridized carbons (Fsp3) is 0.333. The van der Waals surface area contributed by atoms with Crippen LogP contribution in [0.4, 0.5) is 8.78 Å². The number of ether oxygens (including phenoxy) is 1. The third-order valence-corrected chi connectivity index (χ3v) is 4.58. The number of benzene rings is 1. The molecule has 0 spiro atoms. The molecule has 11 heteroatoms. The standard InChI is InChI=1S/C12H13ClF2N4O3S/c1-2-19-7-16-18-11(19)6-17-23(20,21)8-3-4-10(9(13)5-8)22-12(14)15/h3-5,7,12,17H,2,6H2,1H3. The van der Waals surface area contributed by atoms with Crippen LogP contribution >= 0.6 is 11.6 Å². The number of hydrogen-bond acceptors (Lipinski definition) is 5. The van der Waals surface area contributed by atoms with Crippen LogP contribution in [0.1, 0.15) is 12.7 Å². The minimum atomic E-state index is -3.89. The SMILES string of the molecule is CCn1cnnc1CNS(=O)(=O)c1ccc(OC(F)F)c(Cl)c1. The number of sulfonamides is 1. The molecule has 126 valence electrons. The van der Waals surface area contributed by atoms with E-state index in [2.05, 4.69) is 19.7 Å². The summed E-state index contributed by atoms with van der Waals surface area (Å²) in [6.07, 6.45) is 1.48. The van der Waals surface area contributed by atoms with Gasteiger partial charge in [0, 0.05) is 6.54 Å². The summed E-state index contributed by atoms with van der Waals surface area (Å²) >= 11 is 5.75. The predicted molar refractivity (Wildman–Crippen MR) is 77.8 cm³/mol. The second-order valence-electron chi connectivity index (χ2n) is 4.33. The van der Waals surface area contributed by atoms with Gasteiger partial charge in [-0.15, -0.1) is 10.2 Å². The van der Waals surface area contributed by atoms with E-state index < -0.39 is 16.6 Å². The van der Waals surface area contributed by atoms with Crippen molar-refractivity contribution in [2.24, 2.45) is 0 Å². The number of halogens is 3. The Bertz CT molecular complexity index is 782. The van der Waals surface area contributed by atoms with Crippen LogP contribution in [0.15, 0.2) is 29.4 Å². The normalized spacial score (nSPS) is 11.9. The van der Waals surface area contributed by atoms with E-state index in [1.807, 2.05) is 6.92 Å². The molecule has 0 atom stereocenters. The fourth-order valence-electron chi connectivity index (χ4n) is 1.76. The van der Waals surface area contributed by atoms with E-state index in [4.69, 9.17) is 11.6 Å². The summed E-state index contributed by atoms with van der Waals surface area (Å²) in [6, 6.07) is 3.22. The summed E-state index contributed by atoms with van der Waals surface area (Å²) in [5.41, 5.74) is 0. The number of rotatable bonds is 7. The molecule has 0 saturated carbocycles. The molecule has 2 rings (SSSR count). The molecule has 0 saturated heterocycles. The molecular weight excluding hydrogens is 354 g/mol. The number of alkyl halides is 2. The molecule has 1 aromatic heterocycles. The van der Waals surface area contributed by atoms with Gasteiger partial charge >= 0.3 is 6.61 Å². The van der Waals surface area contributed by atoms with Gasteiger partial charge in [-0.05, 0) is 25.1 Å². The van der Waals surface area contributed by atoms with Gasteiger partial charge in [0.05, 0.1) is 16.5 Å². The first-order valence-corrected chi connectivity index (χ1v) is 8.30. The second kappa shape index (κ2) is 7.20. The topological polar surface area (TPSA) is 86.1 Å². The molecule has 0 aliphatic rings. The van der Waals surface area contributed by atoms with Crippen LogP contribution in [0.2, 0.25) is 5.02 Å². The van der Waals surface area contributed by atoms with Crippen LogP contribution in [0.3, 0.4) is 0 Å². The molecule has 0 aliphatic heterocycles. The Morgan fingerprint density at radius 2 is 2.17 bits per heavy atom. The van der Waals surface area contributed by atoms with Gasteiger partial charge < -0.3 is 9.30 Å². The first-order valence-electron chi connectivity index (χ1n) is 6.44. The molecule has 1 N–H and O–H groups in total. The Morgan fingerprint density at radius 3 is 2.78 bits per heavy atom. The Balaban J connectivity index is 2.15. The average molecular weight is 367 g/mol. The summed E-state index contributed by atoms with van der Waals surface area (Å²) in [6.45, 7) is -0.657. The van der Waals surface area contributed by atoms with Gasteiger partial charge in [0.1, 0.15) is 17.9 Å². The minimum Gasteiger partial charge on any atom is -0.433 e. The van der Waals surface area contributed by atoms with Crippen LogP contribution in [-0.4, -0.2) is 29.8 Å². The van der Waals surface area contributed by atoms with Crippen LogP contribution in [-0.2, 0) is 23.1 Å². The van der Waals surface area contributed by atoms with E-state index in [1.54, 1.807) is 4.57 Å². The zero-order chi connectivity index (χ0) is 17.0. The van der Waals surface area contributed by atoms with Crippen LogP contribution in [0, 0.1) is 0 Å². The van der Waals surface area contributed by atoms with Crippen molar-refractivity contribution in [1.29, 1.82) is 0 Å². The Labute approximate surface area is 136 Å². The van der Waals surface area contributed by atoms with Gasteiger partial charge in [-0.25, -0.2) is 13.1 Å². The van der Waals surface area contributed by atoms with Crippen molar-refractivity contribution >= 4 is 21.6 Å². The Kier molecular flexibility index (Phi) is 5.50. The first-order chi connectivity index (χ1) is 10.8. The van der Waals surface area contributed by atoms with Crippen molar-refractivity contribution in [1.82, 2.24) is 19.5 Å². The lowest BCUT2D eigenvalue weighted by Gasteiger charge is -2.10. The van der Waals surface area contributed by atoms with E-state index in [9.17, 15) is 17.2 Å². The monoisotopic (exact) mass is 366 g/mol. The maximum absolute atomic E-state index is 12.2. The van der Waals surface area contributed by atoms with E-state index in [0.717, 1.165) is 18.2 Å². The molecule has 0 aliphatic carbocycles. The summed E-state index contributed by atoms with van der Waals surface area (Å²) in [5, 5.41) is 7.26. The van der Waals surface area contributed by atoms with Crippen molar-refractivity contribution in [3.63, 3.8) is 0 Å². The van der Waals surface area contributed by atoms with Crippen molar-refractivity contribution in [2.45, 2.75) is 31.5 Å². The molecule has 1 heterocycles. The molecule has 23 heavy (non-hydrogen) atoms. The van der Waals surface area contributed by atoms with Gasteiger partial charge in [-0.2, -0.15) is 8.78 Å². The van der Waals surface area contributed by atoms with Gasteiger partial charge in [0.25, 0.3) is 0 Å². The lowest BCUT2D eigenvalue weighted by molar-refractivity contribution is -0.0498. The second-order valence-corrected chi connectivity index (χ2v) is 6.50. The lowest BCUT2D eigenvalue weighted by Crippen LogP contribution is -2.25. The van der Waals surface area contributed by atoms with Crippen LogP contribution in [0.25, 0.3) is 0 Å². The molecular formula is C12H13ClF2N4O3S. The molecule has 1 aromatic carbocycles. The quantitative estimate of drug-likeness (QED) is 0.810. The van der Waals surface area contributed by atoms with Gasteiger partial charge in [0.15, 0.2) is 0 Å². The highest BCUT2D eigenvalue weighted by Gasteiger charge is 2.18. The minimum absolute atomic E-state index is 0.0664. The average Bonchev–Trinajstić information content (AvgIpc) is 2.94. The summed E-state index contributed by atoms with van der Waals surface area (Å²) in [5.74, 6) is 0.145. The first kappa shape index (κ1) is 17.6. The number of aromatic nitrogens is 3. The molecule has 7 nitrogen and oxygen atoms in total. The zero-order valence-corrected chi connectivity index (χ0v) is 13.5. The van der Waals surface area contributed by atoms with E-state index in [-0.39, 0.29) is 22.2 Å². The summed E-state index contributed by atoms with van der Waals surface area (Å²) < 4.78 is 56.9. The van der Waals surface area contributed by atoms with Gasteiger partial charge in [0.2, 0.25) is 10.0 Å². The van der Waals surface area contributed by atoms with Gasteiger partial charge in [-0.3, -0.25) is 0 Å². The number of hydrogen-bond donors (Lipinski definition) is 1. The highest BCUT2D eigenvalue weighted by Crippen LogP contribution is 2.28. The largest absolute Gasteiger partial charge is 0.433 e. The smallest absolute Gasteiger partial charge is 0.387 e. The van der Waals surface area contributed by atoms with Crippen molar-refractivity contribution in [3.05, 3.63) is 35.4 Å². The highest BCUT2D eigenvalue weighted by molar-refractivity contribution is 7.89. The third kappa shape index (κ3) is 4.36. The summed E-state index contributed by atoms with van der Waals surface area (Å²) in [7, 11) is -3.89. The fourth-order valence-corrected chi connectivity index (χ4v) is 3.06. The van der Waals surface area contributed by atoms with Crippen molar-refractivity contribution < 1.29 is 21.9 Å². The van der Waals surface area contributed by atoms with E-state index >= 15 is 0 Å². The summed E-state index contributed by atoms with van der Waals surface area (Å²) in [4.78, 5) is -0.174. The van der Waals surface area contributed by atoms with E-state index in [0.29, 0.717) is 12.4 Å². The molecule has 0 bridgehead atoms. The number of nitrogens with one attached hydrogen (secondary N) is 1. The maximum atomic E-state index is 12.2. The van der Waals surface area contributed by atoms with E-state index in [1.165, 1.54) is 6.33 Å². The third-order valence-electron chi connectivity index (χ3n) is 2.89. The lowest BCUT2D eigenvalue weighted by atomic mass is 10.3. The molecule has 0 unspecified atom stereocenters. The molecule has 0 amide bonds. The molecule has 2 aromatic rings. The Hall–Kier alpha value is -1.78. The highest BCUT2D eigenvalue weighted by atomic mass is 35.5. The van der Waals surface area contributed by atoms with Crippen molar-refractivity contribution in [3.8, 4) is 5.75 Å². The maximum Gasteiger partial charge on any atom is 0.387 e. The number of nitrogens with zero attached hydrogens (tertiary/aromatic N) is 3. The van der Waals surface area contributed by atoms with Crippen molar-refractivity contribution in [2.75, 3.05) is 0 Å². The van der Waals surface area contributed by atoms with Gasteiger partial charge in [-0.1, -0.05) is 11.6 Å². The zero-order valence-electron chi connectivity index (χ0n) is 11.9. The number of aryl methyl sites for hydroxylation is 1. The predicted octanol–water partition coefficient (Wildman–Crippen LogP) is 2.03. The Morgan fingerprint density at radius 1 is 1.43 bits per heavy atom. The van der Waals surface area contributed by atoms with Crippen LogP contribution < -0.4 is 9.46 Å². The molecule has 0 fully saturated rings. The van der Waals surface area contributed by atoms with Crippen LogP contribution in [0.5, 0.6) is 5.75 Å².